The smallest absolute Gasteiger partial charge is 0.260 e. The predicted molar refractivity (Wildman–Crippen MR) is 140 cm³/mol. The third-order valence-corrected chi connectivity index (χ3v) is 7.05. The highest BCUT2D eigenvalue weighted by Gasteiger charge is 2.27. The number of carbonyl (C=O) groups excluding carboxylic acids is 1. The fourth-order valence-electron chi connectivity index (χ4n) is 4.97. The summed E-state index contributed by atoms with van der Waals surface area (Å²) in [6.07, 6.45) is 3.68. The molecule has 0 spiro atoms. The van der Waals surface area contributed by atoms with Crippen LogP contribution in [0.25, 0.3) is 16.7 Å². The van der Waals surface area contributed by atoms with Gasteiger partial charge in [0.05, 0.1) is 17.3 Å². The van der Waals surface area contributed by atoms with Crippen LogP contribution in [0.4, 0.5) is 5.82 Å². The normalized spacial score (nSPS) is 16.8. The number of fused-ring (bicyclic) bond motifs is 1. The minimum atomic E-state index is -0.00358. The van der Waals surface area contributed by atoms with Crippen LogP contribution in [0.15, 0.2) is 66.9 Å². The molecule has 0 saturated carbocycles. The summed E-state index contributed by atoms with van der Waals surface area (Å²) in [6, 6.07) is 19.5. The van der Waals surface area contributed by atoms with Crippen LogP contribution in [-0.2, 0) is 9.53 Å². The molecule has 0 aliphatic carbocycles. The van der Waals surface area contributed by atoms with E-state index in [2.05, 4.69) is 10.00 Å². The predicted octanol–water partition coefficient (Wildman–Crippen LogP) is 3.44. The lowest BCUT2D eigenvalue weighted by Gasteiger charge is -2.36. The summed E-state index contributed by atoms with van der Waals surface area (Å²) in [4.78, 5) is 27.0. The molecule has 0 N–H and O–H groups in total. The van der Waals surface area contributed by atoms with Crippen LogP contribution < -0.4 is 9.64 Å². The Labute approximate surface area is 215 Å². The zero-order valence-corrected chi connectivity index (χ0v) is 20.7. The summed E-state index contributed by atoms with van der Waals surface area (Å²) < 4.78 is 13.1. The van der Waals surface area contributed by atoms with Crippen molar-refractivity contribution < 1.29 is 14.3 Å². The minimum absolute atomic E-state index is 0.00358. The first-order valence-electron chi connectivity index (χ1n) is 12.9. The van der Waals surface area contributed by atoms with E-state index in [0.717, 1.165) is 54.4 Å². The maximum absolute atomic E-state index is 12.8. The fraction of sp³-hybridized carbons (Fsp3) is 0.357. The Balaban J connectivity index is 1.24. The molecule has 6 rings (SSSR count). The molecule has 2 aliphatic rings. The first-order chi connectivity index (χ1) is 18.3. The summed E-state index contributed by atoms with van der Waals surface area (Å²) in [5.41, 5.74) is 1.78. The van der Waals surface area contributed by atoms with Gasteiger partial charge in [0.25, 0.3) is 5.91 Å². The first-order valence-corrected chi connectivity index (χ1v) is 12.9. The third kappa shape index (κ3) is 4.99. The van der Waals surface area contributed by atoms with Gasteiger partial charge in [-0.25, -0.2) is 14.6 Å². The quantitative estimate of drug-likeness (QED) is 0.403. The van der Waals surface area contributed by atoms with E-state index in [4.69, 9.17) is 19.4 Å². The maximum atomic E-state index is 12.8. The molecule has 4 aromatic rings. The second-order valence-corrected chi connectivity index (χ2v) is 9.39. The van der Waals surface area contributed by atoms with Gasteiger partial charge in [-0.1, -0.05) is 36.4 Å². The number of benzene rings is 2. The van der Waals surface area contributed by atoms with Gasteiger partial charge < -0.3 is 19.3 Å². The van der Waals surface area contributed by atoms with Crippen molar-refractivity contribution in [3.8, 4) is 11.4 Å². The molecule has 1 amide bonds. The highest BCUT2D eigenvalue weighted by atomic mass is 16.5. The Hall–Kier alpha value is -3.98. The van der Waals surface area contributed by atoms with Gasteiger partial charge in [-0.15, -0.1) is 0 Å². The van der Waals surface area contributed by atoms with Crippen LogP contribution in [0.5, 0.6) is 5.75 Å². The number of ether oxygens (including phenoxy) is 2. The molecule has 0 radical (unpaired) electrons. The van der Waals surface area contributed by atoms with Crippen molar-refractivity contribution in [2.24, 2.45) is 0 Å². The Bertz CT molecular complexity index is 1350. The zero-order chi connectivity index (χ0) is 25.0. The second-order valence-electron chi connectivity index (χ2n) is 9.39. The van der Waals surface area contributed by atoms with Gasteiger partial charge in [0, 0.05) is 45.3 Å². The SMILES string of the molecule is O=C(COc1ccccc1)N1CCN(c2nc(C3CCOCC3)nc3c2cnn3-c2ccccc2)CC1. The minimum Gasteiger partial charge on any atom is -0.484 e. The number of hydrogen-bond donors (Lipinski definition) is 0. The van der Waals surface area contributed by atoms with Crippen LogP contribution in [0, 0.1) is 0 Å². The lowest BCUT2D eigenvalue weighted by atomic mass is 9.99. The lowest BCUT2D eigenvalue weighted by molar-refractivity contribution is -0.133. The van der Waals surface area contributed by atoms with E-state index in [1.807, 2.05) is 76.4 Å². The van der Waals surface area contributed by atoms with Gasteiger partial charge in [0.15, 0.2) is 12.3 Å². The molecular weight excluding hydrogens is 468 g/mol. The van der Waals surface area contributed by atoms with Crippen molar-refractivity contribution in [2.75, 3.05) is 50.9 Å². The Kier molecular flexibility index (Phi) is 6.68. The van der Waals surface area contributed by atoms with Gasteiger partial charge in [-0.3, -0.25) is 4.79 Å². The van der Waals surface area contributed by atoms with E-state index in [1.165, 1.54) is 0 Å². The first kappa shape index (κ1) is 23.4. The van der Waals surface area contributed by atoms with Crippen molar-refractivity contribution in [1.82, 2.24) is 24.6 Å². The van der Waals surface area contributed by atoms with E-state index >= 15 is 0 Å². The average Bonchev–Trinajstić information content (AvgIpc) is 3.41. The van der Waals surface area contributed by atoms with Crippen molar-refractivity contribution in [3.63, 3.8) is 0 Å². The molecule has 2 aliphatic heterocycles. The molecule has 37 heavy (non-hydrogen) atoms. The number of carbonyl (C=O) groups is 1. The molecule has 4 heterocycles. The molecule has 190 valence electrons. The number of rotatable bonds is 6. The summed E-state index contributed by atoms with van der Waals surface area (Å²) in [7, 11) is 0. The number of piperazine rings is 1. The fourth-order valence-corrected chi connectivity index (χ4v) is 4.97. The average molecular weight is 499 g/mol. The van der Waals surface area contributed by atoms with Crippen LogP contribution in [-0.4, -0.2) is 76.6 Å². The lowest BCUT2D eigenvalue weighted by Crippen LogP contribution is -2.50. The molecule has 9 nitrogen and oxygen atoms in total. The largest absolute Gasteiger partial charge is 0.484 e. The Morgan fingerprint density at radius 1 is 0.919 bits per heavy atom. The Morgan fingerprint density at radius 2 is 1.62 bits per heavy atom. The van der Waals surface area contributed by atoms with E-state index in [9.17, 15) is 4.79 Å². The van der Waals surface area contributed by atoms with Crippen molar-refractivity contribution >= 4 is 22.8 Å². The molecule has 0 atom stereocenters. The monoisotopic (exact) mass is 498 g/mol. The van der Waals surface area contributed by atoms with E-state index in [1.54, 1.807) is 0 Å². The van der Waals surface area contributed by atoms with Crippen LogP contribution in [0.3, 0.4) is 0 Å². The molecule has 2 aromatic carbocycles. The van der Waals surface area contributed by atoms with E-state index in [0.29, 0.717) is 31.9 Å². The Morgan fingerprint density at radius 3 is 2.35 bits per heavy atom. The highest BCUT2D eigenvalue weighted by Crippen LogP contribution is 2.31. The molecule has 0 unspecified atom stereocenters. The van der Waals surface area contributed by atoms with Crippen LogP contribution in [0.2, 0.25) is 0 Å². The number of para-hydroxylation sites is 2. The topological polar surface area (TPSA) is 85.6 Å². The molecule has 0 bridgehead atoms. The number of amides is 1. The second kappa shape index (κ2) is 10.6. The number of anilines is 1. The van der Waals surface area contributed by atoms with Gasteiger partial charge in [-0.05, 0) is 37.1 Å². The number of hydrogen-bond acceptors (Lipinski definition) is 7. The van der Waals surface area contributed by atoms with Crippen LogP contribution >= 0.6 is 0 Å². The van der Waals surface area contributed by atoms with E-state index < -0.39 is 0 Å². The van der Waals surface area contributed by atoms with Gasteiger partial charge in [0.1, 0.15) is 17.4 Å². The number of aromatic nitrogens is 4. The zero-order valence-electron chi connectivity index (χ0n) is 20.7. The van der Waals surface area contributed by atoms with E-state index in [-0.39, 0.29) is 18.4 Å². The third-order valence-electron chi connectivity index (χ3n) is 7.05. The highest BCUT2D eigenvalue weighted by molar-refractivity contribution is 5.88. The molecule has 9 heteroatoms. The summed E-state index contributed by atoms with van der Waals surface area (Å²) >= 11 is 0. The standard InChI is InChI=1S/C28H30N6O3/c35-25(20-37-23-9-5-2-6-10-23)32-13-15-33(16-14-32)27-24-19-29-34(22-7-3-1-4-8-22)28(24)31-26(30-27)21-11-17-36-18-12-21/h1-10,19,21H,11-18,20H2. The number of nitrogens with zero attached hydrogens (tertiary/aromatic N) is 6. The summed E-state index contributed by atoms with van der Waals surface area (Å²) in [5.74, 6) is 2.69. The summed E-state index contributed by atoms with van der Waals surface area (Å²) in [5, 5.41) is 5.61. The van der Waals surface area contributed by atoms with Gasteiger partial charge >= 0.3 is 0 Å². The van der Waals surface area contributed by atoms with Crippen molar-refractivity contribution in [3.05, 3.63) is 72.7 Å². The molecule has 2 aromatic heterocycles. The van der Waals surface area contributed by atoms with Crippen molar-refractivity contribution in [1.29, 1.82) is 0 Å². The molecule has 2 saturated heterocycles. The summed E-state index contributed by atoms with van der Waals surface area (Å²) in [6.45, 7) is 4.10. The van der Waals surface area contributed by atoms with Gasteiger partial charge in [0.2, 0.25) is 0 Å². The van der Waals surface area contributed by atoms with Crippen LogP contribution in [0.1, 0.15) is 24.6 Å². The maximum Gasteiger partial charge on any atom is 0.260 e. The van der Waals surface area contributed by atoms with Crippen molar-refractivity contribution in [2.45, 2.75) is 18.8 Å². The molecular formula is C28H30N6O3. The van der Waals surface area contributed by atoms with Gasteiger partial charge in [-0.2, -0.15) is 5.10 Å². The molecule has 2 fully saturated rings.